The average Bonchev–Trinajstić information content (AvgIpc) is 2.93. The van der Waals surface area contributed by atoms with E-state index in [1.165, 1.54) is 0 Å². The minimum absolute atomic E-state index is 0.162. The van der Waals surface area contributed by atoms with Crippen LogP contribution in [0.3, 0.4) is 0 Å². The summed E-state index contributed by atoms with van der Waals surface area (Å²) in [7, 11) is 0. The van der Waals surface area contributed by atoms with Crippen molar-refractivity contribution in [1.82, 2.24) is 0 Å². The Morgan fingerprint density at radius 1 is 1.44 bits per heavy atom. The largest absolute Gasteiger partial charge is 0.341 e. The molecule has 1 saturated heterocycles. The summed E-state index contributed by atoms with van der Waals surface area (Å²) in [4.78, 5) is 0. The molecular formula is C13H12ClNO. The highest BCUT2D eigenvalue weighted by Crippen LogP contribution is 2.50. The van der Waals surface area contributed by atoms with Gasteiger partial charge in [0.2, 0.25) is 5.60 Å². The lowest BCUT2D eigenvalue weighted by molar-refractivity contribution is 0.365. The lowest BCUT2D eigenvalue weighted by Crippen LogP contribution is -2.05. The van der Waals surface area contributed by atoms with Gasteiger partial charge >= 0.3 is 0 Å². The van der Waals surface area contributed by atoms with E-state index >= 15 is 0 Å². The Hall–Kier alpha value is -1.30. The molecule has 0 aromatic heterocycles. The molecule has 0 N–H and O–H groups in total. The molecule has 16 heavy (non-hydrogen) atoms. The van der Waals surface area contributed by atoms with Crippen LogP contribution in [-0.2, 0) is 4.74 Å². The van der Waals surface area contributed by atoms with Crippen LogP contribution in [-0.4, -0.2) is 5.60 Å². The van der Waals surface area contributed by atoms with E-state index < -0.39 is 5.60 Å². The summed E-state index contributed by atoms with van der Waals surface area (Å²) in [5, 5.41) is 9.84. The molecule has 1 aromatic carbocycles. The number of hydrogen-bond acceptors (Lipinski definition) is 2. The van der Waals surface area contributed by atoms with Gasteiger partial charge in [-0.1, -0.05) is 29.3 Å². The van der Waals surface area contributed by atoms with Gasteiger partial charge in [-0.3, -0.25) is 0 Å². The van der Waals surface area contributed by atoms with Gasteiger partial charge in [-0.2, -0.15) is 5.26 Å². The van der Waals surface area contributed by atoms with E-state index in [0.29, 0.717) is 5.02 Å². The van der Waals surface area contributed by atoms with E-state index in [0.717, 1.165) is 11.1 Å². The second kappa shape index (κ2) is 3.93. The van der Waals surface area contributed by atoms with Crippen LogP contribution in [0.1, 0.15) is 25.5 Å². The first kappa shape index (κ1) is 11.2. The standard InChI is InChI=1S/C13H12ClNO/c1-9(2)7-13(8-15)12(16-13)10-3-5-11(14)6-4-10/h3-7,12H,1-2H3/t12-,13+/m1/s1. The van der Waals surface area contributed by atoms with Gasteiger partial charge in [0.15, 0.2) is 0 Å². The molecule has 1 aliphatic heterocycles. The molecule has 0 unspecified atom stereocenters. The fourth-order valence-electron chi connectivity index (χ4n) is 1.77. The zero-order valence-electron chi connectivity index (χ0n) is 9.20. The van der Waals surface area contributed by atoms with Crippen LogP contribution in [0.25, 0.3) is 0 Å². The number of halogens is 1. The van der Waals surface area contributed by atoms with E-state index in [4.69, 9.17) is 21.6 Å². The maximum atomic E-state index is 9.15. The van der Waals surface area contributed by atoms with Crippen LogP contribution < -0.4 is 0 Å². The third-order valence-corrected chi connectivity index (χ3v) is 2.75. The van der Waals surface area contributed by atoms with Crippen LogP contribution >= 0.6 is 11.6 Å². The molecule has 1 heterocycles. The van der Waals surface area contributed by atoms with E-state index in [2.05, 4.69) is 6.07 Å². The molecule has 0 saturated carbocycles. The Kier molecular flexibility index (Phi) is 2.75. The van der Waals surface area contributed by atoms with E-state index in [9.17, 15) is 0 Å². The molecule has 2 atom stereocenters. The van der Waals surface area contributed by atoms with Crippen molar-refractivity contribution in [3.8, 4) is 6.07 Å². The predicted molar refractivity (Wildman–Crippen MR) is 63.1 cm³/mol. The predicted octanol–water partition coefficient (Wildman–Crippen LogP) is 3.64. The normalized spacial score (nSPS) is 27.0. The van der Waals surface area contributed by atoms with Crippen molar-refractivity contribution in [3.05, 3.63) is 46.5 Å². The zero-order chi connectivity index (χ0) is 11.8. The second-order valence-electron chi connectivity index (χ2n) is 4.18. The molecule has 2 nitrogen and oxygen atoms in total. The molecule has 1 fully saturated rings. The van der Waals surface area contributed by atoms with Crippen molar-refractivity contribution in [2.45, 2.75) is 25.6 Å². The van der Waals surface area contributed by atoms with Gasteiger partial charge in [-0.15, -0.1) is 0 Å². The van der Waals surface area contributed by atoms with Crippen molar-refractivity contribution in [3.63, 3.8) is 0 Å². The molecule has 0 bridgehead atoms. The summed E-state index contributed by atoms with van der Waals surface area (Å²) in [6.45, 7) is 3.92. The molecule has 2 rings (SSSR count). The van der Waals surface area contributed by atoms with Gasteiger partial charge in [0.05, 0.1) is 0 Å². The van der Waals surface area contributed by atoms with Crippen molar-refractivity contribution in [1.29, 1.82) is 5.26 Å². The monoisotopic (exact) mass is 233 g/mol. The van der Waals surface area contributed by atoms with Crippen LogP contribution in [0.4, 0.5) is 0 Å². The van der Waals surface area contributed by atoms with Crippen molar-refractivity contribution in [2.75, 3.05) is 0 Å². The Bertz CT molecular complexity index is 468. The fraction of sp³-hybridized carbons (Fsp3) is 0.308. The quantitative estimate of drug-likeness (QED) is 0.578. The summed E-state index contributed by atoms with van der Waals surface area (Å²) >= 11 is 5.81. The van der Waals surface area contributed by atoms with Gasteiger partial charge in [0, 0.05) is 5.02 Å². The molecule has 82 valence electrons. The number of nitrogens with zero attached hydrogens (tertiary/aromatic N) is 1. The van der Waals surface area contributed by atoms with E-state index in [-0.39, 0.29) is 6.10 Å². The first-order chi connectivity index (χ1) is 7.57. The molecule has 0 amide bonds. The average molecular weight is 234 g/mol. The molecule has 0 aliphatic carbocycles. The third-order valence-electron chi connectivity index (χ3n) is 2.50. The van der Waals surface area contributed by atoms with Crippen molar-refractivity contribution >= 4 is 11.6 Å². The van der Waals surface area contributed by atoms with Crippen LogP contribution in [0, 0.1) is 11.3 Å². The van der Waals surface area contributed by atoms with Gasteiger partial charge in [-0.25, -0.2) is 0 Å². The third kappa shape index (κ3) is 1.97. The summed E-state index contributed by atoms with van der Waals surface area (Å²) in [5.74, 6) is 0. The zero-order valence-corrected chi connectivity index (χ0v) is 9.95. The van der Waals surface area contributed by atoms with Crippen molar-refractivity contribution in [2.24, 2.45) is 0 Å². The number of hydrogen-bond donors (Lipinski definition) is 0. The number of benzene rings is 1. The molecule has 1 aliphatic rings. The van der Waals surface area contributed by atoms with Gasteiger partial charge in [0.1, 0.15) is 12.2 Å². The maximum Gasteiger partial charge on any atom is 0.204 e. The Morgan fingerprint density at radius 2 is 2.06 bits per heavy atom. The fourth-order valence-corrected chi connectivity index (χ4v) is 1.90. The SMILES string of the molecule is CC(C)=C[C@@]1(C#N)O[C@@H]1c1ccc(Cl)cc1. The molecule has 1 aromatic rings. The Balaban J connectivity index is 2.25. The minimum atomic E-state index is -0.771. The summed E-state index contributed by atoms with van der Waals surface area (Å²) < 4.78 is 5.51. The van der Waals surface area contributed by atoms with Gasteiger partial charge in [-0.05, 0) is 37.6 Å². The summed E-state index contributed by atoms with van der Waals surface area (Å²) in [6.07, 6.45) is 1.70. The second-order valence-corrected chi connectivity index (χ2v) is 4.61. The number of nitriles is 1. The maximum absolute atomic E-state index is 9.15. The minimum Gasteiger partial charge on any atom is -0.341 e. The number of rotatable bonds is 2. The first-order valence-electron chi connectivity index (χ1n) is 5.08. The summed E-state index contributed by atoms with van der Waals surface area (Å²) in [5.41, 5.74) is 1.30. The smallest absolute Gasteiger partial charge is 0.204 e. The lowest BCUT2D eigenvalue weighted by Gasteiger charge is -1.99. The molecule has 0 spiro atoms. The first-order valence-corrected chi connectivity index (χ1v) is 5.46. The molecule has 0 radical (unpaired) electrons. The topological polar surface area (TPSA) is 36.3 Å². The van der Waals surface area contributed by atoms with Gasteiger partial charge in [0.25, 0.3) is 0 Å². The highest BCUT2D eigenvalue weighted by atomic mass is 35.5. The van der Waals surface area contributed by atoms with Gasteiger partial charge < -0.3 is 4.74 Å². The highest BCUT2D eigenvalue weighted by Gasteiger charge is 2.56. The number of ether oxygens (including phenoxy) is 1. The lowest BCUT2D eigenvalue weighted by atomic mass is 9.99. The number of epoxide rings is 1. The van der Waals surface area contributed by atoms with Crippen LogP contribution in [0.2, 0.25) is 5.02 Å². The number of allylic oxidation sites excluding steroid dienone is 1. The molecular weight excluding hydrogens is 222 g/mol. The van der Waals surface area contributed by atoms with Crippen LogP contribution in [0.15, 0.2) is 35.9 Å². The summed E-state index contributed by atoms with van der Waals surface area (Å²) in [6, 6.07) is 9.62. The van der Waals surface area contributed by atoms with E-state index in [1.807, 2.05) is 44.2 Å². The Labute approximate surface area is 100 Å². The van der Waals surface area contributed by atoms with Crippen molar-refractivity contribution < 1.29 is 4.74 Å². The van der Waals surface area contributed by atoms with E-state index in [1.54, 1.807) is 0 Å². The Morgan fingerprint density at radius 3 is 2.56 bits per heavy atom. The van der Waals surface area contributed by atoms with Crippen LogP contribution in [0.5, 0.6) is 0 Å². The highest BCUT2D eigenvalue weighted by molar-refractivity contribution is 6.30. The molecule has 3 heteroatoms.